The lowest BCUT2D eigenvalue weighted by Gasteiger charge is -2.38. The minimum absolute atomic E-state index is 0.0552. The van der Waals surface area contributed by atoms with Crippen molar-refractivity contribution < 1.29 is 9.18 Å². The first-order valence-electron chi connectivity index (χ1n) is 9.21. The fourth-order valence-corrected chi connectivity index (χ4v) is 4.72. The average molecular weight is 331 g/mol. The Morgan fingerprint density at radius 1 is 1.25 bits per heavy atom. The van der Waals surface area contributed by atoms with Crippen LogP contribution in [0.4, 0.5) is 4.39 Å². The van der Waals surface area contributed by atoms with Gasteiger partial charge in [-0.3, -0.25) is 4.79 Å². The lowest BCUT2D eigenvalue weighted by atomic mass is 9.89. The minimum atomic E-state index is -0.236. The summed E-state index contributed by atoms with van der Waals surface area (Å²) < 4.78 is 13.6. The standard InChI is InChI=1S/C19H26FN3O/c20-15-3-1-2-14(11-15)18-12-21-6-7-23(18)19(24)10-13-8-16-4-5-17(9-13)22-16/h1-3,11,13,16-18,21-22H,4-10,12H2. The highest BCUT2D eigenvalue weighted by molar-refractivity contribution is 5.77. The molecule has 4 rings (SSSR count). The Bertz CT molecular complexity index is 596. The second kappa shape index (κ2) is 6.81. The van der Waals surface area contributed by atoms with Crippen LogP contribution in [0.1, 0.15) is 43.7 Å². The van der Waals surface area contributed by atoms with Crippen LogP contribution < -0.4 is 10.6 Å². The fraction of sp³-hybridized carbons (Fsp3) is 0.632. The summed E-state index contributed by atoms with van der Waals surface area (Å²) in [6, 6.07) is 7.84. The van der Waals surface area contributed by atoms with Crippen LogP contribution in [-0.2, 0) is 4.79 Å². The molecular formula is C19H26FN3O. The van der Waals surface area contributed by atoms with Gasteiger partial charge in [-0.05, 0) is 49.3 Å². The lowest BCUT2D eigenvalue weighted by Crippen LogP contribution is -2.49. The summed E-state index contributed by atoms with van der Waals surface area (Å²) in [4.78, 5) is 14.9. The number of rotatable bonds is 3. The van der Waals surface area contributed by atoms with E-state index in [4.69, 9.17) is 0 Å². The molecule has 3 heterocycles. The van der Waals surface area contributed by atoms with E-state index >= 15 is 0 Å². The van der Waals surface area contributed by atoms with E-state index in [1.807, 2.05) is 11.0 Å². The van der Waals surface area contributed by atoms with Crippen molar-refractivity contribution in [1.29, 1.82) is 0 Å². The summed E-state index contributed by atoms with van der Waals surface area (Å²) in [6.07, 6.45) is 5.40. The van der Waals surface area contributed by atoms with Gasteiger partial charge in [0.05, 0.1) is 6.04 Å². The highest BCUT2D eigenvalue weighted by Gasteiger charge is 2.36. The number of fused-ring (bicyclic) bond motifs is 2. The number of amides is 1. The van der Waals surface area contributed by atoms with Crippen molar-refractivity contribution in [2.24, 2.45) is 5.92 Å². The van der Waals surface area contributed by atoms with Crippen molar-refractivity contribution in [3.05, 3.63) is 35.6 Å². The molecule has 0 radical (unpaired) electrons. The van der Waals surface area contributed by atoms with Gasteiger partial charge in [-0.2, -0.15) is 0 Å². The molecule has 2 N–H and O–H groups in total. The predicted molar refractivity (Wildman–Crippen MR) is 91.0 cm³/mol. The van der Waals surface area contributed by atoms with E-state index in [1.54, 1.807) is 12.1 Å². The van der Waals surface area contributed by atoms with E-state index < -0.39 is 0 Å². The van der Waals surface area contributed by atoms with Gasteiger partial charge in [0, 0.05) is 38.1 Å². The van der Waals surface area contributed by atoms with Crippen LogP contribution in [0.3, 0.4) is 0 Å². The Kier molecular flexibility index (Phi) is 4.55. The summed E-state index contributed by atoms with van der Waals surface area (Å²) >= 11 is 0. The Morgan fingerprint density at radius 3 is 2.79 bits per heavy atom. The Balaban J connectivity index is 1.45. The van der Waals surface area contributed by atoms with E-state index in [0.717, 1.165) is 24.9 Å². The largest absolute Gasteiger partial charge is 0.333 e. The van der Waals surface area contributed by atoms with Gasteiger partial charge >= 0.3 is 0 Å². The smallest absolute Gasteiger partial charge is 0.223 e. The fourth-order valence-electron chi connectivity index (χ4n) is 4.72. The van der Waals surface area contributed by atoms with Gasteiger partial charge in [-0.25, -0.2) is 4.39 Å². The van der Waals surface area contributed by atoms with E-state index in [2.05, 4.69) is 10.6 Å². The number of nitrogens with one attached hydrogen (secondary N) is 2. The number of benzene rings is 1. The first kappa shape index (κ1) is 16.0. The summed E-state index contributed by atoms with van der Waals surface area (Å²) in [5.74, 6) is 0.497. The summed E-state index contributed by atoms with van der Waals surface area (Å²) in [7, 11) is 0. The molecule has 24 heavy (non-hydrogen) atoms. The molecule has 1 aromatic carbocycles. The number of carbonyl (C=O) groups excluding carboxylic acids is 1. The molecular weight excluding hydrogens is 305 g/mol. The normalized spacial score (nSPS) is 32.8. The molecule has 0 aliphatic carbocycles. The number of carbonyl (C=O) groups is 1. The molecule has 4 nitrogen and oxygen atoms in total. The first-order valence-corrected chi connectivity index (χ1v) is 9.21. The number of halogens is 1. The summed E-state index contributed by atoms with van der Waals surface area (Å²) in [5, 5.41) is 6.98. The van der Waals surface area contributed by atoms with E-state index in [9.17, 15) is 9.18 Å². The zero-order chi connectivity index (χ0) is 16.5. The van der Waals surface area contributed by atoms with E-state index in [0.29, 0.717) is 37.5 Å². The molecule has 0 spiro atoms. The van der Waals surface area contributed by atoms with Crippen LogP contribution in [0.5, 0.6) is 0 Å². The molecule has 5 heteroatoms. The third-order valence-corrected chi connectivity index (χ3v) is 5.83. The van der Waals surface area contributed by atoms with Crippen LogP contribution in [0.15, 0.2) is 24.3 Å². The van der Waals surface area contributed by atoms with Gasteiger partial charge < -0.3 is 15.5 Å². The zero-order valence-electron chi connectivity index (χ0n) is 14.0. The van der Waals surface area contributed by atoms with Crippen molar-refractivity contribution in [2.75, 3.05) is 19.6 Å². The lowest BCUT2D eigenvalue weighted by molar-refractivity contribution is -0.135. The van der Waals surface area contributed by atoms with Crippen LogP contribution in [0.2, 0.25) is 0 Å². The van der Waals surface area contributed by atoms with Crippen LogP contribution in [-0.4, -0.2) is 42.5 Å². The molecule has 1 amide bonds. The van der Waals surface area contributed by atoms with Crippen molar-refractivity contribution in [2.45, 2.75) is 50.2 Å². The van der Waals surface area contributed by atoms with Gasteiger partial charge in [-0.15, -0.1) is 0 Å². The number of hydrogen-bond acceptors (Lipinski definition) is 3. The third-order valence-electron chi connectivity index (χ3n) is 5.83. The maximum atomic E-state index is 13.6. The molecule has 0 aromatic heterocycles. The second-order valence-electron chi connectivity index (χ2n) is 7.54. The van der Waals surface area contributed by atoms with E-state index in [1.165, 1.54) is 18.9 Å². The summed E-state index contributed by atoms with van der Waals surface area (Å²) in [5.41, 5.74) is 0.890. The van der Waals surface area contributed by atoms with Gasteiger partial charge in [0.25, 0.3) is 0 Å². The van der Waals surface area contributed by atoms with Crippen molar-refractivity contribution in [3.63, 3.8) is 0 Å². The molecule has 3 saturated heterocycles. The maximum Gasteiger partial charge on any atom is 0.223 e. The monoisotopic (exact) mass is 331 g/mol. The minimum Gasteiger partial charge on any atom is -0.333 e. The highest BCUT2D eigenvalue weighted by Crippen LogP contribution is 2.34. The van der Waals surface area contributed by atoms with Gasteiger partial charge in [-0.1, -0.05) is 12.1 Å². The zero-order valence-corrected chi connectivity index (χ0v) is 14.0. The molecule has 3 unspecified atom stereocenters. The van der Waals surface area contributed by atoms with Crippen molar-refractivity contribution >= 4 is 5.91 Å². The highest BCUT2D eigenvalue weighted by atomic mass is 19.1. The van der Waals surface area contributed by atoms with Gasteiger partial charge in [0.1, 0.15) is 5.82 Å². The van der Waals surface area contributed by atoms with Crippen LogP contribution >= 0.6 is 0 Å². The number of hydrogen-bond donors (Lipinski definition) is 2. The molecule has 3 atom stereocenters. The third kappa shape index (κ3) is 3.33. The summed E-state index contributed by atoms with van der Waals surface area (Å²) in [6.45, 7) is 2.22. The van der Waals surface area contributed by atoms with Crippen LogP contribution in [0, 0.1) is 11.7 Å². The Labute approximate surface area is 142 Å². The Morgan fingerprint density at radius 2 is 2.04 bits per heavy atom. The molecule has 3 aliphatic rings. The topological polar surface area (TPSA) is 44.4 Å². The van der Waals surface area contributed by atoms with Crippen LogP contribution in [0.25, 0.3) is 0 Å². The average Bonchev–Trinajstić information content (AvgIpc) is 2.93. The molecule has 130 valence electrons. The maximum absolute atomic E-state index is 13.6. The molecule has 0 saturated carbocycles. The molecule has 1 aromatic rings. The number of piperazine rings is 1. The quantitative estimate of drug-likeness (QED) is 0.893. The molecule has 3 fully saturated rings. The second-order valence-corrected chi connectivity index (χ2v) is 7.54. The molecule has 2 bridgehead atoms. The predicted octanol–water partition coefficient (Wildman–Crippen LogP) is 2.22. The van der Waals surface area contributed by atoms with Crippen molar-refractivity contribution in [3.8, 4) is 0 Å². The molecule has 3 aliphatic heterocycles. The van der Waals surface area contributed by atoms with Gasteiger partial charge in [0.2, 0.25) is 5.91 Å². The SMILES string of the molecule is O=C(CC1CC2CCC(C1)N2)N1CCNCC1c1cccc(F)c1. The van der Waals surface area contributed by atoms with Gasteiger partial charge in [0.15, 0.2) is 0 Å². The number of piperidine rings is 1. The first-order chi connectivity index (χ1) is 11.7. The van der Waals surface area contributed by atoms with E-state index in [-0.39, 0.29) is 17.8 Å². The van der Waals surface area contributed by atoms with Crippen molar-refractivity contribution in [1.82, 2.24) is 15.5 Å². The number of nitrogens with zero attached hydrogens (tertiary/aromatic N) is 1. The Hall–Kier alpha value is -1.46.